The molecule has 2 aromatic carbocycles. The van der Waals surface area contributed by atoms with Gasteiger partial charge in [-0.3, -0.25) is 0 Å². The quantitative estimate of drug-likeness (QED) is 0.840. The van der Waals surface area contributed by atoms with Crippen molar-refractivity contribution in [3.8, 4) is 5.75 Å². The van der Waals surface area contributed by atoms with Gasteiger partial charge >= 0.3 is 6.61 Å². The number of sulfone groups is 1. The molecule has 0 unspecified atom stereocenters. The lowest BCUT2D eigenvalue weighted by atomic mass is 10.2. The standard InChI is InChI=1S/C16H16F2O4S/c17-16(18)22-15-7-5-14(6-8-15)11-23(20,21)10-13-3-1-12(9-19)2-4-13/h1-8,16,19H,9-11H2. The van der Waals surface area contributed by atoms with Gasteiger partial charge in [-0.25, -0.2) is 8.42 Å². The van der Waals surface area contributed by atoms with Gasteiger partial charge in [0.05, 0.1) is 18.1 Å². The predicted molar refractivity (Wildman–Crippen MR) is 81.8 cm³/mol. The van der Waals surface area contributed by atoms with E-state index in [1.807, 2.05) is 0 Å². The van der Waals surface area contributed by atoms with Gasteiger partial charge in [-0.15, -0.1) is 0 Å². The zero-order valence-electron chi connectivity index (χ0n) is 12.2. The number of alkyl halides is 2. The molecule has 7 heteroatoms. The van der Waals surface area contributed by atoms with Crippen molar-refractivity contribution in [1.82, 2.24) is 0 Å². The van der Waals surface area contributed by atoms with Crippen molar-refractivity contribution in [2.24, 2.45) is 0 Å². The topological polar surface area (TPSA) is 63.6 Å². The average molecular weight is 342 g/mol. The van der Waals surface area contributed by atoms with E-state index in [-0.39, 0.29) is 23.9 Å². The second-order valence-corrected chi connectivity index (χ2v) is 7.09. The van der Waals surface area contributed by atoms with Gasteiger partial charge in [0.2, 0.25) is 0 Å². The number of aliphatic hydroxyl groups is 1. The molecule has 0 radical (unpaired) electrons. The Morgan fingerprint density at radius 1 is 0.870 bits per heavy atom. The molecule has 0 heterocycles. The first-order valence-electron chi connectivity index (χ1n) is 6.81. The minimum atomic E-state index is -3.39. The van der Waals surface area contributed by atoms with Crippen LogP contribution in [0.4, 0.5) is 8.78 Å². The highest BCUT2D eigenvalue weighted by molar-refractivity contribution is 7.89. The highest BCUT2D eigenvalue weighted by Gasteiger charge is 2.14. The Morgan fingerprint density at radius 3 is 1.74 bits per heavy atom. The van der Waals surface area contributed by atoms with Crippen LogP contribution in [-0.4, -0.2) is 20.1 Å². The van der Waals surface area contributed by atoms with E-state index in [4.69, 9.17) is 5.11 Å². The number of halogens is 2. The molecule has 4 nitrogen and oxygen atoms in total. The molecule has 0 saturated heterocycles. The fraction of sp³-hybridized carbons (Fsp3) is 0.250. The molecular weight excluding hydrogens is 326 g/mol. The van der Waals surface area contributed by atoms with E-state index < -0.39 is 16.4 Å². The maximum Gasteiger partial charge on any atom is 0.387 e. The summed E-state index contributed by atoms with van der Waals surface area (Å²) in [6, 6.07) is 12.2. The molecule has 0 aliphatic carbocycles. The number of hydrogen-bond donors (Lipinski definition) is 1. The summed E-state index contributed by atoms with van der Waals surface area (Å²) in [5.74, 6) is -0.335. The predicted octanol–water partition coefficient (Wildman–Crippen LogP) is 2.90. The molecule has 0 aliphatic rings. The zero-order valence-corrected chi connectivity index (χ0v) is 13.0. The summed E-state index contributed by atoms with van der Waals surface area (Å²) in [7, 11) is -3.39. The van der Waals surface area contributed by atoms with Crippen molar-refractivity contribution >= 4 is 9.84 Å². The molecule has 2 rings (SSSR count). The van der Waals surface area contributed by atoms with Gasteiger partial charge in [0.25, 0.3) is 0 Å². The Labute approximate surface area is 133 Å². The summed E-state index contributed by atoms with van der Waals surface area (Å²) in [6.07, 6.45) is 0. The molecule has 0 aliphatic heterocycles. The van der Waals surface area contributed by atoms with Gasteiger partial charge in [0.15, 0.2) is 9.84 Å². The van der Waals surface area contributed by atoms with E-state index in [2.05, 4.69) is 4.74 Å². The fourth-order valence-electron chi connectivity index (χ4n) is 2.07. The summed E-state index contributed by atoms with van der Waals surface area (Å²) in [5.41, 5.74) is 1.83. The Morgan fingerprint density at radius 2 is 1.30 bits per heavy atom. The third-order valence-corrected chi connectivity index (χ3v) is 4.67. The van der Waals surface area contributed by atoms with Crippen LogP contribution in [0.2, 0.25) is 0 Å². The molecule has 0 bridgehead atoms. The van der Waals surface area contributed by atoms with Crippen molar-refractivity contribution in [3.05, 3.63) is 65.2 Å². The molecule has 2 aromatic rings. The van der Waals surface area contributed by atoms with Gasteiger partial charge in [-0.2, -0.15) is 8.78 Å². The number of benzene rings is 2. The molecule has 0 fully saturated rings. The van der Waals surface area contributed by atoms with E-state index in [1.54, 1.807) is 24.3 Å². The maximum atomic E-state index is 12.2. The lowest BCUT2D eigenvalue weighted by Gasteiger charge is -2.07. The van der Waals surface area contributed by atoms with Gasteiger partial charge in [-0.05, 0) is 28.8 Å². The largest absolute Gasteiger partial charge is 0.435 e. The number of rotatable bonds is 7. The van der Waals surface area contributed by atoms with Crippen LogP contribution in [0.25, 0.3) is 0 Å². The van der Waals surface area contributed by atoms with Crippen LogP contribution in [0.5, 0.6) is 5.75 Å². The van der Waals surface area contributed by atoms with Crippen molar-refractivity contribution in [2.45, 2.75) is 24.7 Å². The third-order valence-electron chi connectivity index (χ3n) is 3.13. The molecule has 0 amide bonds. The van der Waals surface area contributed by atoms with E-state index in [9.17, 15) is 17.2 Å². The van der Waals surface area contributed by atoms with Crippen LogP contribution in [-0.2, 0) is 27.9 Å². The second-order valence-electron chi connectivity index (χ2n) is 5.03. The summed E-state index contributed by atoms with van der Waals surface area (Å²) in [6.45, 7) is -3.01. The van der Waals surface area contributed by atoms with Crippen LogP contribution in [0.3, 0.4) is 0 Å². The SMILES string of the molecule is O=S(=O)(Cc1ccc(CO)cc1)Cc1ccc(OC(F)F)cc1. The molecule has 0 aromatic heterocycles. The highest BCUT2D eigenvalue weighted by Crippen LogP contribution is 2.18. The van der Waals surface area contributed by atoms with Crippen LogP contribution in [0, 0.1) is 0 Å². The molecule has 0 spiro atoms. The summed E-state index contributed by atoms with van der Waals surface area (Å²) < 4.78 is 52.7. The van der Waals surface area contributed by atoms with Gasteiger partial charge in [-0.1, -0.05) is 36.4 Å². The molecule has 1 N–H and O–H groups in total. The normalized spacial score (nSPS) is 11.7. The Bertz CT molecular complexity index is 726. The monoisotopic (exact) mass is 342 g/mol. The molecule has 0 atom stereocenters. The highest BCUT2D eigenvalue weighted by atomic mass is 32.2. The lowest BCUT2D eigenvalue weighted by molar-refractivity contribution is -0.0498. The second kappa shape index (κ2) is 7.52. The first-order chi connectivity index (χ1) is 10.9. The van der Waals surface area contributed by atoms with Crippen molar-refractivity contribution in [2.75, 3.05) is 0 Å². The first kappa shape index (κ1) is 17.4. The first-order valence-corrected chi connectivity index (χ1v) is 8.63. The van der Waals surface area contributed by atoms with E-state index in [1.165, 1.54) is 24.3 Å². The van der Waals surface area contributed by atoms with E-state index >= 15 is 0 Å². The summed E-state index contributed by atoms with van der Waals surface area (Å²) in [4.78, 5) is 0. The van der Waals surface area contributed by atoms with Gasteiger partial charge < -0.3 is 9.84 Å². The minimum absolute atomic E-state index is 0.0132. The molecule has 124 valence electrons. The van der Waals surface area contributed by atoms with Gasteiger partial charge in [0.1, 0.15) is 5.75 Å². The molecular formula is C16H16F2O4S. The Hall–Kier alpha value is -1.99. The van der Waals surface area contributed by atoms with E-state index in [0.29, 0.717) is 16.7 Å². The van der Waals surface area contributed by atoms with Crippen LogP contribution in [0.1, 0.15) is 16.7 Å². The number of hydrogen-bond acceptors (Lipinski definition) is 4. The maximum absolute atomic E-state index is 12.2. The smallest absolute Gasteiger partial charge is 0.387 e. The fourth-order valence-corrected chi connectivity index (χ4v) is 3.57. The summed E-state index contributed by atoms with van der Waals surface area (Å²) in [5, 5.41) is 8.96. The minimum Gasteiger partial charge on any atom is -0.435 e. The third kappa shape index (κ3) is 5.61. The summed E-state index contributed by atoms with van der Waals surface area (Å²) >= 11 is 0. The Balaban J connectivity index is 2.02. The Kier molecular flexibility index (Phi) is 5.68. The zero-order chi connectivity index (χ0) is 16.9. The molecule has 23 heavy (non-hydrogen) atoms. The average Bonchev–Trinajstić information content (AvgIpc) is 2.49. The number of ether oxygens (including phenoxy) is 1. The van der Waals surface area contributed by atoms with Gasteiger partial charge in [0, 0.05) is 0 Å². The lowest BCUT2D eigenvalue weighted by Crippen LogP contribution is -2.08. The van der Waals surface area contributed by atoms with Crippen LogP contribution < -0.4 is 4.74 Å². The van der Waals surface area contributed by atoms with Crippen molar-refractivity contribution in [3.63, 3.8) is 0 Å². The van der Waals surface area contributed by atoms with Crippen molar-refractivity contribution in [1.29, 1.82) is 0 Å². The van der Waals surface area contributed by atoms with Crippen molar-refractivity contribution < 1.29 is 27.0 Å². The number of aliphatic hydroxyl groups excluding tert-OH is 1. The van der Waals surface area contributed by atoms with E-state index in [0.717, 1.165) is 0 Å². The van der Waals surface area contributed by atoms with Crippen LogP contribution in [0.15, 0.2) is 48.5 Å². The molecule has 0 saturated carbocycles. The van der Waals surface area contributed by atoms with Crippen LogP contribution >= 0.6 is 0 Å².